The van der Waals surface area contributed by atoms with Crippen LogP contribution in [0.5, 0.6) is 0 Å². The van der Waals surface area contributed by atoms with Gasteiger partial charge in [0.1, 0.15) is 0 Å². The summed E-state index contributed by atoms with van der Waals surface area (Å²) in [6.45, 7) is 4.15. The van der Waals surface area contributed by atoms with E-state index in [0.29, 0.717) is 12.1 Å². The van der Waals surface area contributed by atoms with Gasteiger partial charge in [0.05, 0.1) is 18.3 Å². The second-order valence-corrected chi connectivity index (χ2v) is 4.80. The molecule has 0 aliphatic heterocycles. The predicted molar refractivity (Wildman–Crippen MR) is 70.2 cm³/mol. The fourth-order valence-electron chi connectivity index (χ4n) is 1.74. The monoisotopic (exact) mass is 292 g/mol. The maximum Gasteiger partial charge on any atom is 0.163 e. The van der Waals surface area contributed by atoms with Gasteiger partial charge in [-0.3, -0.25) is 9.48 Å². The van der Waals surface area contributed by atoms with Gasteiger partial charge in [0.2, 0.25) is 0 Å². The summed E-state index contributed by atoms with van der Waals surface area (Å²) in [7, 11) is 0. The van der Waals surface area contributed by atoms with Gasteiger partial charge < -0.3 is 0 Å². The first-order valence-electron chi connectivity index (χ1n) is 5.36. The Morgan fingerprint density at radius 2 is 2.12 bits per heavy atom. The molecule has 1 heterocycles. The molecular formula is C13H13BrN2O. The minimum Gasteiger partial charge on any atom is -0.294 e. The lowest BCUT2D eigenvalue weighted by atomic mass is 10.2. The van der Waals surface area contributed by atoms with Crippen LogP contribution in [0.2, 0.25) is 0 Å². The number of carbonyl (C=O) groups excluding carboxylic acids is 1. The Hall–Kier alpha value is -1.42. The van der Waals surface area contributed by atoms with Gasteiger partial charge in [0, 0.05) is 10.2 Å². The van der Waals surface area contributed by atoms with Crippen molar-refractivity contribution in [1.82, 2.24) is 9.78 Å². The van der Waals surface area contributed by atoms with Gasteiger partial charge in [0.15, 0.2) is 5.78 Å². The molecule has 4 heteroatoms. The molecule has 0 radical (unpaired) electrons. The Balaban J connectivity index is 2.31. The molecule has 0 spiro atoms. The lowest BCUT2D eigenvalue weighted by Gasteiger charge is -2.07. The first-order chi connectivity index (χ1) is 8.09. The zero-order valence-electron chi connectivity index (χ0n) is 9.77. The number of carbonyl (C=O) groups is 1. The third kappa shape index (κ3) is 2.47. The quantitative estimate of drug-likeness (QED) is 0.814. The Kier molecular flexibility index (Phi) is 3.43. The highest BCUT2D eigenvalue weighted by atomic mass is 79.9. The van der Waals surface area contributed by atoms with Crippen LogP contribution in [0, 0.1) is 6.92 Å². The van der Waals surface area contributed by atoms with Crippen LogP contribution in [0.25, 0.3) is 0 Å². The molecule has 0 amide bonds. The minimum atomic E-state index is 0.0564. The van der Waals surface area contributed by atoms with E-state index in [1.54, 1.807) is 13.1 Å². The third-order valence-electron chi connectivity index (χ3n) is 2.76. The van der Waals surface area contributed by atoms with Crippen molar-refractivity contribution >= 4 is 21.7 Å². The number of ketones is 1. The van der Waals surface area contributed by atoms with Crippen molar-refractivity contribution in [3.8, 4) is 0 Å². The second-order valence-electron chi connectivity index (χ2n) is 3.95. The molecule has 0 N–H and O–H groups in total. The van der Waals surface area contributed by atoms with Gasteiger partial charge in [0.25, 0.3) is 0 Å². The molecule has 88 valence electrons. The largest absolute Gasteiger partial charge is 0.294 e. The van der Waals surface area contributed by atoms with E-state index in [1.165, 1.54) is 0 Å². The second kappa shape index (κ2) is 4.84. The molecule has 0 saturated carbocycles. The van der Waals surface area contributed by atoms with Crippen LogP contribution in [0.1, 0.15) is 28.5 Å². The maximum absolute atomic E-state index is 11.3. The van der Waals surface area contributed by atoms with Crippen LogP contribution >= 0.6 is 15.9 Å². The molecule has 0 atom stereocenters. The summed E-state index contributed by atoms with van der Waals surface area (Å²) in [5, 5.41) is 4.25. The first-order valence-corrected chi connectivity index (χ1v) is 6.15. The van der Waals surface area contributed by atoms with Crippen molar-refractivity contribution < 1.29 is 4.79 Å². The fraction of sp³-hybridized carbons (Fsp3) is 0.231. The zero-order valence-corrected chi connectivity index (χ0v) is 11.4. The fourth-order valence-corrected chi connectivity index (χ4v) is 2.15. The van der Waals surface area contributed by atoms with Gasteiger partial charge in [-0.05, 0) is 25.5 Å². The number of aromatic nitrogens is 2. The minimum absolute atomic E-state index is 0.0564. The van der Waals surface area contributed by atoms with Crippen molar-refractivity contribution in [3.05, 3.63) is 51.8 Å². The SMILES string of the molecule is CC(=O)c1cnn(Cc2ccccc2Br)c1C. The number of nitrogens with zero attached hydrogens (tertiary/aromatic N) is 2. The number of hydrogen-bond donors (Lipinski definition) is 0. The summed E-state index contributed by atoms with van der Waals surface area (Å²) in [4.78, 5) is 11.3. The molecule has 3 nitrogen and oxygen atoms in total. The summed E-state index contributed by atoms with van der Waals surface area (Å²) in [6, 6.07) is 8.01. The number of halogens is 1. The predicted octanol–water partition coefficient (Wildman–Crippen LogP) is 3.20. The smallest absolute Gasteiger partial charge is 0.163 e. The summed E-state index contributed by atoms with van der Waals surface area (Å²) in [5.41, 5.74) is 2.75. The van der Waals surface area contributed by atoms with Gasteiger partial charge in [-0.1, -0.05) is 34.1 Å². The number of Topliss-reactive ketones (excluding diaryl/α,β-unsaturated/α-hetero) is 1. The lowest BCUT2D eigenvalue weighted by molar-refractivity contribution is 0.101. The van der Waals surface area contributed by atoms with Gasteiger partial charge in [-0.15, -0.1) is 0 Å². The van der Waals surface area contributed by atoms with Crippen molar-refractivity contribution in [2.45, 2.75) is 20.4 Å². The standard InChI is InChI=1S/C13H13BrN2O/c1-9-12(10(2)17)7-15-16(9)8-11-5-3-4-6-13(11)14/h3-7H,8H2,1-2H3. The van der Waals surface area contributed by atoms with E-state index in [0.717, 1.165) is 15.7 Å². The topological polar surface area (TPSA) is 34.9 Å². The average molecular weight is 293 g/mol. The Labute approximate surface area is 109 Å². The van der Waals surface area contributed by atoms with Gasteiger partial charge >= 0.3 is 0 Å². The summed E-state index contributed by atoms with van der Waals surface area (Å²) < 4.78 is 2.90. The summed E-state index contributed by atoms with van der Waals surface area (Å²) in [6.07, 6.45) is 1.63. The number of hydrogen-bond acceptors (Lipinski definition) is 2. The number of benzene rings is 1. The molecule has 0 saturated heterocycles. The summed E-state index contributed by atoms with van der Waals surface area (Å²) >= 11 is 3.51. The Morgan fingerprint density at radius 3 is 2.71 bits per heavy atom. The zero-order chi connectivity index (χ0) is 12.4. The number of rotatable bonds is 3. The van der Waals surface area contributed by atoms with Crippen molar-refractivity contribution in [2.75, 3.05) is 0 Å². The Morgan fingerprint density at radius 1 is 1.41 bits per heavy atom. The van der Waals surface area contributed by atoms with Crippen molar-refractivity contribution in [2.24, 2.45) is 0 Å². The molecule has 2 rings (SSSR count). The molecule has 1 aromatic heterocycles. The first kappa shape index (κ1) is 12.0. The average Bonchev–Trinajstić information content (AvgIpc) is 2.64. The molecule has 0 unspecified atom stereocenters. The molecule has 0 fully saturated rings. The molecule has 0 bridgehead atoms. The highest BCUT2D eigenvalue weighted by molar-refractivity contribution is 9.10. The molecular weight excluding hydrogens is 280 g/mol. The van der Waals surface area contributed by atoms with E-state index >= 15 is 0 Å². The van der Waals surface area contributed by atoms with Crippen molar-refractivity contribution in [3.63, 3.8) is 0 Å². The van der Waals surface area contributed by atoms with Crippen LogP contribution in [0.3, 0.4) is 0 Å². The van der Waals surface area contributed by atoms with E-state index < -0.39 is 0 Å². The van der Waals surface area contributed by atoms with E-state index in [9.17, 15) is 4.79 Å². The van der Waals surface area contributed by atoms with Crippen LogP contribution in [0.15, 0.2) is 34.9 Å². The van der Waals surface area contributed by atoms with Crippen LogP contribution in [-0.4, -0.2) is 15.6 Å². The Bertz CT molecular complexity index is 560. The van der Waals surface area contributed by atoms with Gasteiger partial charge in [-0.25, -0.2) is 0 Å². The summed E-state index contributed by atoms with van der Waals surface area (Å²) in [5.74, 6) is 0.0564. The van der Waals surface area contributed by atoms with Crippen molar-refractivity contribution in [1.29, 1.82) is 0 Å². The van der Waals surface area contributed by atoms with Crippen LogP contribution < -0.4 is 0 Å². The normalized spacial score (nSPS) is 10.5. The molecule has 17 heavy (non-hydrogen) atoms. The van der Waals surface area contributed by atoms with Crippen LogP contribution in [0.4, 0.5) is 0 Å². The van der Waals surface area contributed by atoms with E-state index in [2.05, 4.69) is 21.0 Å². The van der Waals surface area contributed by atoms with Gasteiger partial charge in [-0.2, -0.15) is 5.10 Å². The van der Waals surface area contributed by atoms with Crippen LogP contribution in [-0.2, 0) is 6.54 Å². The highest BCUT2D eigenvalue weighted by Gasteiger charge is 2.10. The van der Waals surface area contributed by atoms with E-state index in [1.807, 2.05) is 35.9 Å². The third-order valence-corrected chi connectivity index (χ3v) is 3.53. The highest BCUT2D eigenvalue weighted by Crippen LogP contribution is 2.18. The molecule has 0 aliphatic carbocycles. The van der Waals surface area contributed by atoms with E-state index in [-0.39, 0.29) is 5.78 Å². The molecule has 1 aromatic carbocycles. The molecule has 0 aliphatic rings. The molecule has 2 aromatic rings. The maximum atomic E-state index is 11.3. The lowest BCUT2D eigenvalue weighted by Crippen LogP contribution is -2.05. The van der Waals surface area contributed by atoms with E-state index in [4.69, 9.17) is 0 Å².